The monoisotopic (exact) mass is 283 g/mol. The number of ether oxygens (including phenoxy) is 1. The van der Waals surface area contributed by atoms with E-state index in [9.17, 15) is 4.79 Å². The van der Waals surface area contributed by atoms with Crippen LogP contribution in [0.3, 0.4) is 0 Å². The Hall–Kier alpha value is -1.60. The minimum atomic E-state index is -0.533. The largest absolute Gasteiger partial charge is 0.444 e. The second-order valence-electron chi connectivity index (χ2n) is 5.79. The lowest BCUT2D eigenvalue weighted by atomic mass is 10.2. The number of aromatic nitrogens is 2. The van der Waals surface area contributed by atoms with E-state index in [1.165, 1.54) is 0 Å². The van der Waals surface area contributed by atoms with Gasteiger partial charge in [0.25, 0.3) is 0 Å². The number of amides is 1. The van der Waals surface area contributed by atoms with Gasteiger partial charge in [0.1, 0.15) is 11.4 Å². The molecule has 0 aromatic carbocycles. The van der Waals surface area contributed by atoms with Crippen molar-refractivity contribution in [3.05, 3.63) is 11.8 Å². The number of anilines is 1. The van der Waals surface area contributed by atoms with Crippen molar-refractivity contribution < 1.29 is 9.53 Å². The molecule has 0 aliphatic heterocycles. The van der Waals surface area contributed by atoms with E-state index in [0.29, 0.717) is 18.9 Å². The van der Waals surface area contributed by atoms with Gasteiger partial charge in [-0.15, -0.1) is 0 Å². The molecule has 20 heavy (non-hydrogen) atoms. The minimum absolute atomic E-state index is 0.199. The van der Waals surface area contributed by atoms with Gasteiger partial charge in [0.2, 0.25) is 0 Å². The highest BCUT2D eigenvalue weighted by Gasteiger charge is 2.19. The number of nitrogens with zero attached hydrogens (tertiary/aromatic N) is 2. The fraction of sp³-hybridized carbons (Fsp3) is 0.692. The van der Waals surface area contributed by atoms with E-state index in [0.717, 1.165) is 5.56 Å². The molecule has 0 radical (unpaired) electrons. The van der Waals surface area contributed by atoms with Crippen LogP contribution in [0.25, 0.3) is 0 Å². The summed E-state index contributed by atoms with van der Waals surface area (Å²) in [5.74, 6) is 0.621. The predicted octanol–water partition coefficient (Wildman–Crippen LogP) is 1.20. The van der Waals surface area contributed by atoms with E-state index in [4.69, 9.17) is 10.5 Å². The number of aryl methyl sites for hydroxylation is 1. The number of nitrogens with two attached hydrogens (primary N) is 1. The van der Waals surface area contributed by atoms with Crippen LogP contribution in [0.5, 0.6) is 0 Å². The Labute approximate surface area is 119 Å². The Morgan fingerprint density at radius 1 is 1.55 bits per heavy atom. The fourth-order valence-corrected chi connectivity index (χ4v) is 1.54. The van der Waals surface area contributed by atoms with Crippen LogP contribution in [0, 0.1) is 0 Å². The van der Waals surface area contributed by atoms with Crippen LogP contribution >= 0.6 is 0 Å². The molecule has 0 bridgehead atoms. The first-order valence-electron chi connectivity index (χ1n) is 6.67. The van der Waals surface area contributed by atoms with Crippen molar-refractivity contribution in [1.82, 2.24) is 15.1 Å². The van der Waals surface area contributed by atoms with Crippen LogP contribution in [0.15, 0.2) is 6.20 Å². The maximum atomic E-state index is 11.8. The molecule has 1 unspecified atom stereocenters. The number of rotatable bonds is 5. The van der Waals surface area contributed by atoms with Gasteiger partial charge in [0.15, 0.2) is 0 Å². The van der Waals surface area contributed by atoms with Gasteiger partial charge in [-0.1, -0.05) is 0 Å². The molecule has 1 atom stereocenters. The van der Waals surface area contributed by atoms with Gasteiger partial charge in [-0.2, -0.15) is 5.10 Å². The smallest absolute Gasteiger partial charge is 0.413 e. The molecule has 0 aliphatic carbocycles. The van der Waals surface area contributed by atoms with Gasteiger partial charge >= 0.3 is 6.09 Å². The SMILES string of the molecule is CC(CN)NCc1cnn(C)c1NC(=O)OC(C)(C)C. The molecule has 1 rings (SSSR count). The molecule has 1 aromatic heterocycles. The first-order chi connectivity index (χ1) is 9.23. The second-order valence-corrected chi connectivity index (χ2v) is 5.79. The van der Waals surface area contributed by atoms with Gasteiger partial charge in [-0.05, 0) is 27.7 Å². The Balaban J connectivity index is 2.69. The third-order valence-electron chi connectivity index (χ3n) is 2.63. The molecule has 1 aromatic rings. The third kappa shape index (κ3) is 5.18. The minimum Gasteiger partial charge on any atom is -0.444 e. The summed E-state index contributed by atoms with van der Waals surface area (Å²) in [6, 6.07) is 0.199. The average Bonchev–Trinajstić information content (AvgIpc) is 2.65. The van der Waals surface area contributed by atoms with Crippen LogP contribution < -0.4 is 16.4 Å². The van der Waals surface area contributed by atoms with Gasteiger partial charge in [-0.25, -0.2) is 4.79 Å². The highest BCUT2D eigenvalue weighted by Crippen LogP contribution is 2.16. The molecule has 4 N–H and O–H groups in total. The van der Waals surface area contributed by atoms with Crippen LogP contribution in [0.4, 0.5) is 10.6 Å². The third-order valence-corrected chi connectivity index (χ3v) is 2.63. The zero-order valence-electron chi connectivity index (χ0n) is 12.9. The number of carbonyl (C=O) groups excluding carboxylic acids is 1. The van der Waals surface area contributed by atoms with Gasteiger partial charge in [0, 0.05) is 31.7 Å². The predicted molar refractivity (Wildman–Crippen MR) is 78.4 cm³/mol. The zero-order chi connectivity index (χ0) is 15.3. The first-order valence-corrected chi connectivity index (χ1v) is 6.67. The topological polar surface area (TPSA) is 94.2 Å². The van der Waals surface area contributed by atoms with Crippen LogP contribution in [-0.2, 0) is 18.3 Å². The first kappa shape index (κ1) is 16.5. The molecule has 7 heteroatoms. The Kier molecular flexibility index (Phi) is 5.52. The Morgan fingerprint density at radius 3 is 2.75 bits per heavy atom. The van der Waals surface area contributed by atoms with Crippen molar-refractivity contribution in [3.8, 4) is 0 Å². The summed E-state index contributed by atoms with van der Waals surface area (Å²) < 4.78 is 6.84. The van der Waals surface area contributed by atoms with Gasteiger partial charge in [0.05, 0.1) is 6.20 Å². The number of nitrogens with one attached hydrogen (secondary N) is 2. The molecule has 114 valence electrons. The molecule has 0 saturated carbocycles. The zero-order valence-corrected chi connectivity index (χ0v) is 12.9. The normalized spacial score (nSPS) is 13.1. The average molecular weight is 283 g/mol. The summed E-state index contributed by atoms with van der Waals surface area (Å²) in [7, 11) is 1.77. The number of carbonyl (C=O) groups is 1. The number of hydrogen-bond donors (Lipinski definition) is 3. The highest BCUT2D eigenvalue weighted by molar-refractivity contribution is 5.84. The lowest BCUT2D eigenvalue weighted by Crippen LogP contribution is -2.33. The van der Waals surface area contributed by atoms with E-state index in [-0.39, 0.29) is 6.04 Å². The maximum Gasteiger partial charge on any atom is 0.413 e. The standard InChI is InChI=1S/C13H25N5O2/c1-9(6-14)15-7-10-8-16-18(5)11(10)17-12(19)20-13(2,3)4/h8-9,15H,6-7,14H2,1-5H3,(H,17,19). The van der Waals surface area contributed by atoms with Crippen molar-refractivity contribution >= 4 is 11.9 Å². The molecule has 0 spiro atoms. The summed E-state index contributed by atoms with van der Waals surface area (Å²) in [5.41, 5.74) is 5.91. The quantitative estimate of drug-likeness (QED) is 0.755. The Morgan fingerprint density at radius 2 is 2.20 bits per heavy atom. The molecule has 7 nitrogen and oxygen atoms in total. The van der Waals surface area contributed by atoms with E-state index in [1.807, 2.05) is 27.7 Å². The summed E-state index contributed by atoms with van der Waals surface area (Å²) in [6.07, 6.45) is 1.22. The molecule has 0 fully saturated rings. The van der Waals surface area contributed by atoms with E-state index in [1.54, 1.807) is 17.9 Å². The summed E-state index contributed by atoms with van der Waals surface area (Å²) in [5, 5.41) is 10.1. The Bertz CT molecular complexity index is 450. The summed E-state index contributed by atoms with van der Waals surface area (Å²) in [6.45, 7) is 8.59. The highest BCUT2D eigenvalue weighted by atomic mass is 16.6. The molecular weight excluding hydrogens is 258 g/mol. The van der Waals surface area contributed by atoms with Crippen LogP contribution in [0.2, 0.25) is 0 Å². The summed E-state index contributed by atoms with van der Waals surface area (Å²) in [4.78, 5) is 11.8. The van der Waals surface area contributed by atoms with Crippen LogP contribution in [-0.4, -0.2) is 34.1 Å². The van der Waals surface area contributed by atoms with Crippen molar-refractivity contribution in [2.24, 2.45) is 12.8 Å². The number of hydrogen-bond acceptors (Lipinski definition) is 5. The van der Waals surface area contributed by atoms with Crippen molar-refractivity contribution in [3.63, 3.8) is 0 Å². The molecule has 0 aliphatic rings. The molecule has 0 saturated heterocycles. The maximum absolute atomic E-state index is 11.8. The van der Waals surface area contributed by atoms with Crippen LogP contribution in [0.1, 0.15) is 33.3 Å². The lowest BCUT2D eigenvalue weighted by Gasteiger charge is -2.20. The van der Waals surface area contributed by atoms with E-state index < -0.39 is 11.7 Å². The summed E-state index contributed by atoms with van der Waals surface area (Å²) >= 11 is 0. The lowest BCUT2D eigenvalue weighted by molar-refractivity contribution is 0.0634. The molecular formula is C13H25N5O2. The molecule has 1 heterocycles. The van der Waals surface area contributed by atoms with Crippen molar-refractivity contribution in [2.45, 2.75) is 45.9 Å². The van der Waals surface area contributed by atoms with Crippen molar-refractivity contribution in [2.75, 3.05) is 11.9 Å². The van der Waals surface area contributed by atoms with Crippen molar-refractivity contribution in [1.29, 1.82) is 0 Å². The van der Waals surface area contributed by atoms with Gasteiger partial charge < -0.3 is 15.8 Å². The molecule has 1 amide bonds. The van der Waals surface area contributed by atoms with E-state index >= 15 is 0 Å². The fourth-order valence-electron chi connectivity index (χ4n) is 1.54. The second kappa shape index (κ2) is 6.71. The van der Waals surface area contributed by atoms with E-state index in [2.05, 4.69) is 15.7 Å². The van der Waals surface area contributed by atoms with Gasteiger partial charge in [-0.3, -0.25) is 10.00 Å².